The molecule has 2 atom stereocenters. The van der Waals surface area contributed by atoms with E-state index < -0.39 is 11.0 Å². The predicted molar refractivity (Wildman–Crippen MR) is 71.1 cm³/mol. The lowest BCUT2D eigenvalue weighted by Gasteiger charge is -2.33. The lowest BCUT2D eigenvalue weighted by molar-refractivity contribution is -0.156. The Morgan fingerprint density at radius 2 is 2.12 bits per heavy atom. The van der Waals surface area contributed by atoms with Crippen LogP contribution in [0, 0.1) is 5.41 Å². The maximum Gasteiger partial charge on any atom is 0.325 e. The van der Waals surface area contributed by atoms with Crippen molar-refractivity contribution in [1.29, 1.82) is 0 Å². The molecule has 0 N–H and O–H groups in total. The predicted octanol–water partition coefficient (Wildman–Crippen LogP) is 3.85. The summed E-state index contributed by atoms with van der Waals surface area (Å²) in [5, 5.41) is -0.651. The van der Waals surface area contributed by atoms with E-state index in [0.717, 1.165) is 6.42 Å². The van der Waals surface area contributed by atoms with Crippen LogP contribution in [-0.4, -0.2) is 16.9 Å². The Labute approximate surface area is 109 Å². The van der Waals surface area contributed by atoms with Crippen LogP contribution in [0.15, 0.2) is 23.8 Å². The van der Waals surface area contributed by atoms with Gasteiger partial charge in [-0.05, 0) is 34.1 Å². The Bertz CT molecular complexity index is 363. The van der Waals surface area contributed by atoms with Gasteiger partial charge in [-0.3, -0.25) is 4.79 Å². The summed E-state index contributed by atoms with van der Waals surface area (Å²) in [7, 11) is 0. The van der Waals surface area contributed by atoms with E-state index in [0.29, 0.717) is 0 Å². The van der Waals surface area contributed by atoms with Crippen molar-refractivity contribution in [2.24, 2.45) is 5.41 Å². The summed E-state index contributed by atoms with van der Waals surface area (Å²) in [6.07, 6.45) is 6.78. The monoisotopic (exact) mass is 256 g/mol. The van der Waals surface area contributed by atoms with Gasteiger partial charge in [0.25, 0.3) is 0 Å². The summed E-state index contributed by atoms with van der Waals surface area (Å²) in [4.78, 5) is 12.0. The minimum absolute atomic E-state index is 0.346. The Morgan fingerprint density at radius 3 is 2.59 bits per heavy atom. The molecule has 0 aromatic rings. The summed E-state index contributed by atoms with van der Waals surface area (Å²) in [5.74, 6) is -0.346. The average Bonchev–Trinajstić information content (AvgIpc) is 2.13. The molecule has 96 valence electrons. The van der Waals surface area contributed by atoms with E-state index >= 15 is 0 Å². The van der Waals surface area contributed by atoms with Gasteiger partial charge in [0.2, 0.25) is 0 Å². The summed E-state index contributed by atoms with van der Waals surface area (Å²) in [5.41, 5.74) is 0.372. The van der Waals surface area contributed by atoms with Gasteiger partial charge in [-0.1, -0.05) is 30.7 Å². The number of esters is 1. The molecule has 0 aromatic carbocycles. The van der Waals surface area contributed by atoms with Crippen LogP contribution in [0.5, 0.6) is 0 Å². The number of ether oxygens (including phenoxy) is 1. The first kappa shape index (κ1) is 14.3. The average molecular weight is 257 g/mol. The number of carbonyl (C=O) groups is 1. The Balaban J connectivity index is 2.77. The van der Waals surface area contributed by atoms with E-state index in [2.05, 4.69) is 0 Å². The molecule has 1 aliphatic rings. The first-order chi connectivity index (χ1) is 7.64. The summed E-state index contributed by atoms with van der Waals surface area (Å²) < 4.78 is 5.33. The molecule has 0 fully saturated rings. The van der Waals surface area contributed by atoms with Gasteiger partial charge in [-0.15, -0.1) is 11.6 Å². The van der Waals surface area contributed by atoms with Crippen molar-refractivity contribution in [2.75, 3.05) is 0 Å². The zero-order valence-electron chi connectivity index (χ0n) is 11.2. The molecular weight excluding hydrogens is 236 g/mol. The van der Waals surface area contributed by atoms with Crippen LogP contribution in [0.3, 0.4) is 0 Å². The number of alkyl halides is 1. The van der Waals surface area contributed by atoms with Crippen LogP contribution >= 0.6 is 11.6 Å². The van der Waals surface area contributed by atoms with Crippen LogP contribution in [0.2, 0.25) is 0 Å². The van der Waals surface area contributed by atoms with Gasteiger partial charge in [0.1, 0.15) is 11.0 Å². The highest BCUT2D eigenvalue weighted by Gasteiger charge is 2.39. The van der Waals surface area contributed by atoms with E-state index in [1.54, 1.807) is 0 Å². The van der Waals surface area contributed by atoms with Crippen molar-refractivity contribution >= 4 is 17.6 Å². The minimum atomic E-state index is -0.651. The van der Waals surface area contributed by atoms with Crippen molar-refractivity contribution in [2.45, 2.75) is 52.0 Å². The van der Waals surface area contributed by atoms with Gasteiger partial charge < -0.3 is 4.74 Å². The van der Waals surface area contributed by atoms with Crippen molar-refractivity contribution < 1.29 is 9.53 Å². The molecule has 2 unspecified atom stereocenters. The zero-order chi connectivity index (χ0) is 13.3. The molecule has 0 heterocycles. The fraction of sp³-hybridized carbons (Fsp3) is 0.643. The highest BCUT2D eigenvalue weighted by atomic mass is 35.5. The topological polar surface area (TPSA) is 26.3 Å². The largest absolute Gasteiger partial charge is 0.459 e. The lowest BCUT2D eigenvalue weighted by atomic mass is 9.77. The molecule has 0 spiro atoms. The van der Waals surface area contributed by atoms with Crippen molar-refractivity contribution in [3.8, 4) is 0 Å². The van der Waals surface area contributed by atoms with Gasteiger partial charge >= 0.3 is 5.97 Å². The molecule has 17 heavy (non-hydrogen) atoms. The van der Waals surface area contributed by atoms with Gasteiger partial charge in [-0.2, -0.15) is 0 Å². The second-order valence-electron chi connectivity index (χ2n) is 5.95. The van der Waals surface area contributed by atoms with Crippen LogP contribution < -0.4 is 0 Å². The quantitative estimate of drug-likeness (QED) is 0.554. The fourth-order valence-electron chi connectivity index (χ4n) is 1.95. The summed E-state index contributed by atoms with van der Waals surface area (Å²) in [6.45, 7) is 9.57. The third-order valence-corrected chi connectivity index (χ3v) is 3.39. The maximum absolute atomic E-state index is 12.0. The fourth-order valence-corrected chi connectivity index (χ4v) is 2.14. The maximum atomic E-state index is 12.0. The first-order valence-corrected chi connectivity index (χ1v) is 6.30. The molecule has 0 saturated heterocycles. The molecule has 1 rings (SSSR count). The van der Waals surface area contributed by atoms with Gasteiger partial charge in [0.05, 0.1) is 0 Å². The number of hydrogen-bond acceptors (Lipinski definition) is 2. The van der Waals surface area contributed by atoms with Gasteiger partial charge in [0.15, 0.2) is 0 Å². The van der Waals surface area contributed by atoms with Gasteiger partial charge in [-0.25, -0.2) is 0 Å². The lowest BCUT2D eigenvalue weighted by Crippen LogP contribution is -2.38. The van der Waals surface area contributed by atoms with Crippen molar-refractivity contribution in [1.82, 2.24) is 0 Å². The Hall–Kier alpha value is -0.760. The third-order valence-electron chi connectivity index (χ3n) is 2.71. The smallest absolute Gasteiger partial charge is 0.325 e. The SMILES string of the molecule is CC1=CC=CC(C)(C(Cl)C(=O)OC(C)(C)C)C1. The molecule has 0 radical (unpaired) electrons. The van der Waals surface area contributed by atoms with E-state index in [9.17, 15) is 4.79 Å². The van der Waals surface area contributed by atoms with E-state index in [4.69, 9.17) is 16.3 Å². The highest BCUT2D eigenvalue weighted by molar-refractivity contribution is 6.30. The van der Waals surface area contributed by atoms with E-state index in [-0.39, 0.29) is 11.4 Å². The summed E-state index contributed by atoms with van der Waals surface area (Å²) >= 11 is 6.27. The number of rotatable bonds is 2. The number of halogens is 1. The second-order valence-corrected chi connectivity index (χ2v) is 6.39. The molecular formula is C14H21ClO2. The standard InChI is InChI=1S/C14H21ClO2/c1-10-7-6-8-14(5,9-10)11(15)12(16)17-13(2,3)4/h6-8,11H,9H2,1-5H3. The molecule has 0 aromatic heterocycles. The number of hydrogen-bond donors (Lipinski definition) is 0. The minimum Gasteiger partial charge on any atom is -0.459 e. The number of carbonyl (C=O) groups excluding carboxylic acids is 1. The molecule has 3 heteroatoms. The normalized spacial score (nSPS) is 26.4. The van der Waals surface area contributed by atoms with Crippen LogP contribution in [0.1, 0.15) is 41.0 Å². The van der Waals surface area contributed by atoms with Gasteiger partial charge in [0, 0.05) is 5.41 Å². The Kier molecular flexibility index (Phi) is 4.08. The second kappa shape index (κ2) is 4.85. The first-order valence-electron chi connectivity index (χ1n) is 5.86. The van der Waals surface area contributed by atoms with E-state index in [1.165, 1.54) is 5.57 Å². The van der Waals surface area contributed by atoms with Crippen molar-refractivity contribution in [3.63, 3.8) is 0 Å². The highest BCUT2D eigenvalue weighted by Crippen LogP contribution is 2.38. The number of allylic oxidation sites excluding steroid dienone is 4. The molecule has 0 bridgehead atoms. The molecule has 2 nitrogen and oxygen atoms in total. The molecule has 1 aliphatic carbocycles. The van der Waals surface area contributed by atoms with E-state index in [1.807, 2.05) is 52.8 Å². The van der Waals surface area contributed by atoms with Crippen LogP contribution in [-0.2, 0) is 9.53 Å². The molecule has 0 saturated carbocycles. The third kappa shape index (κ3) is 3.88. The van der Waals surface area contributed by atoms with Crippen LogP contribution in [0.4, 0.5) is 0 Å². The van der Waals surface area contributed by atoms with Crippen molar-refractivity contribution in [3.05, 3.63) is 23.8 Å². The zero-order valence-corrected chi connectivity index (χ0v) is 12.0. The Morgan fingerprint density at radius 1 is 1.53 bits per heavy atom. The molecule has 0 aliphatic heterocycles. The van der Waals surface area contributed by atoms with Crippen LogP contribution in [0.25, 0.3) is 0 Å². The molecule has 0 amide bonds. The summed E-state index contributed by atoms with van der Waals surface area (Å²) in [6, 6.07) is 0.